The van der Waals surface area contributed by atoms with Crippen molar-refractivity contribution in [2.45, 2.75) is 48.2 Å². The lowest BCUT2D eigenvalue weighted by molar-refractivity contribution is -0.137. The third kappa shape index (κ3) is 4.45. The van der Waals surface area contributed by atoms with Gasteiger partial charge in [0.25, 0.3) is 0 Å². The van der Waals surface area contributed by atoms with Crippen LogP contribution in [0.15, 0.2) is 58.4 Å². The van der Waals surface area contributed by atoms with Crippen LogP contribution in [0.1, 0.15) is 41.2 Å². The Labute approximate surface area is 227 Å². The van der Waals surface area contributed by atoms with Crippen molar-refractivity contribution in [3.63, 3.8) is 0 Å². The van der Waals surface area contributed by atoms with Crippen LogP contribution in [0.3, 0.4) is 0 Å². The van der Waals surface area contributed by atoms with Gasteiger partial charge in [0.05, 0.1) is 10.6 Å². The molecular weight excluding hydrogens is 531 g/mol. The molecule has 10 heteroatoms. The molecule has 38 heavy (non-hydrogen) atoms. The van der Waals surface area contributed by atoms with Gasteiger partial charge < -0.3 is 10.2 Å². The molecular formula is C28H28F3N3O2S2. The number of hydrogen-bond acceptors (Lipinski definition) is 5. The molecule has 1 N–H and O–H groups in total. The number of carbonyl (C=O) groups is 1. The number of aromatic nitrogens is 1. The van der Waals surface area contributed by atoms with Crippen LogP contribution in [-0.4, -0.2) is 29.8 Å². The van der Waals surface area contributed by atoms with Gasteiger partial charge in [0.2, 0.25) is 5.91 Å². The summed E-state index contributed by atoms with van der Waals surface area (Å²) in [5.41, 5.74) is 1.53. The van der Waals surface area contributed by atoms with Crippen molar-refractivity contribution >= 4 is 40.4 Å². The van der Waals surface area contributed by atoms with E-state index in [0.29, 0.717) is 23.0 Å². The standard InChI is InChI=1S/C28H28F3N3O2S2/c1-33(2)20-10-8-15(9-11-20)22-23-16-6-7-17(12-16)24(23)37-26-25(22)38-27(36)34(26)14-21(35)32-19-5-3-4-18(13-19)28(29,30)31/h3-5,8-11,13,16-17,22-24H,6-7,12,14H2,1-2H3,(H,32,35)/t16-,17-,22-,23-,24+/m0/s1. The van der Waals surface area contributed by atoms with E-state index in [9.17, 15) is 22.8 Å². The molecule has 5 nitrogen and oxygen atoms in total. The molecule has 2 fully saturated rings. The Hall–Kier alpha value is -2.72. The molecule has 1 aliphatic heterocycles. The van der Waals surface area contributed by atoms with E-state index in [2.05, 4.69) is 34.5 Å². The lowest BCUT2D eigenvalue weighted by Gasteiger charge is -2.40. The quantitative estimate of drug-likeness (QED) is 0.400. The Bertz CT molecular complexity index is 1430. The van der Waals surface area contributed by atoms with E-state index in [0.717, 1.165) is 27.7 Å². The van der Waals surface area contributed by atoms with E-state index in [1.807, 2.05) is 14.1 Å². The van der Waals surface area contributed by atoms with Crippen LogP contribution in [0.5, 0.6) is 0 Å². The summed E-state index contributed by atoms with van der Waals surface area (Å²) >= 11 is 2.94. The van der Waals surface area contributed by atoms with Crippen LogP contribution in [0.4, 0.5) is 24.5 Å². The third-order valence-electron chi connectivity index (χ3n) is 8.23. The van der Waals surface area contributed by atoms with E-state index < -0.39 is 17.6 Å². The highest BCUT2D eigenvalue weighted by Crippen LogP contribution is 2.64. The van der Waals surface area contributed by atoms with Crippen LogP contribution < -0.4 is 15.1 Å². The number of fused-ring (bicyclic) bond motifs is 6. The minimum Gasteiger partial charge on any atom is -0.378 e. The van der Waals surface area contributed by atoms with Crippen LogP contribution in [0, 0.1) is 17.8 Å². The minimum atomic E-state index is -4.50. The number of amides is 1. The van der Waals surface area contributed by atoms with Gasteiger partial charge in [-0.05, 0) is 72.9 Å². The lowest BCUT2D eigenvalue weighted by atomic mass is 9.75. The van der Waals surface area contributed by atoms with Crippen molar-refractivity contribution < 1.29 is 18.0 Å². The molecule has 2 aromatic carbocycles. The molecule has 1 amide bonds. The zero-order valence-electron chi connectivity index (χ0n) is 21.0. The van der Waals surface area contributed by atoms with Gasteiger partial charge in [-0.15, -0.1) is 11.8 Å². The molecule has 2 saturated carbocycles. The number of nitrogens with zero attached hydrogens (tertiary/aromatic N) is 2. The van der Waals surface area contributed by atoms with E-state index in [1.165, 1.54) is 52.9 Å². The number of halogens is 3. The zero-order valence-corrected chi connectivity index (χ0v) is 22.6. The summed E-state index contributed by atoms with van der Waals surface area (Å²) in [7, 11) is 4.01. The van der Waals surface area contributed by atoms with E-state index in [-0.39, 0.29) is 23.0 Å². The maximum atomic E-state index is 13.2. The predicted octanol–water partition coefficient (Wildman–Crippen LogP) is 6.29. The van der Waals surface area contributed by atoms with Crippen LogP contribution >= 0.6 is 23.1 Å². The first-order chi connectivity index (χ1) is 18.1. The van der Waals surface area contributed by atoms with Crippen LogP contribution in [0.25, 0.3) is 0 Å². The van der Waals surface area contributed by atoms with Gasteiger partial charge in [0.1, 0.15) is 6.54 Å². The topological polar surface area (TPSA) is 54.3 Å². The normalized spacial score (nSPS) is 25.7. The summed E-state index contributed by atoms with van der Waals surface area (Å²) in [5.74, 6) is 1.29. The molecule has 5 atom stereocenters. The van der Waals surface area contributed by atoms with E-state index >= 15 is 0 Å². The van der Waals surface area contributed by atoms with Gasteiger partial charge in [0.15, 0.2) is 0 Å². The zero-order chi connectivity index (χ0) is 26.8. The van der Waals surface area contributed by atoms with Crippen molar-refractivity contribution in [2.24, 2.45) is 17.8 Å². The Kier molecular flexibility index (Phi) is 6.38. The Morgan fingerprint density at radius 2 is 1.84 bits per heavy atom. The highest BCUT2D eigenvalue weighted by atomic mass is 32.2. The van der Waals surface area contributed by atoms with Crippen LogP contribution in [-0.2, 0) is 17.5 Å². The summed E-state index contributed by atoms with van der Waals surface area (Å²) in [6, 6.07) is 13.1. The number of benzene rings is 2. The maximum Gasteiger partial charge on any atom is 0.416 e. The fourth-order valence-corrected chi connectivity index (χ4v) is 9.71. The van der Waals surface area contributed by atoms with Crippen molar-refractivity contribution in [2.75, 3.05) is 24.3 Å². The average molecular weight is 560 g/mol. The average Bonchev–Trinajstić information content (AvgIpc) is 3.57. The molecule has 0 saturated heterocycles. The van der Waals surface area contributed by atoms with Crippen molar-refractivity contribution in [3.05, 3.63) is 74.2 Å². The number of thioether (sulfide) groups is 1. The summed E-state index contributed by atoms with van der Waals surface area (Å²) in [4.78, 5) is 29.0. The highest BCUT2D eigenvalue weighted by molar-refractivity contribution is 8.00. The molecule has 2 heterocycles. The SMILES string of the molecule is CN(C)c1ccc([C@@H]2c3sc(=O)n(CC(=O)Nc4cccc(C(F)(F)F)c4)c3S[C@@H]3[C@H]4CC[C@@H](C4)[C@@H]23)cc1. The smallest absolute Gasteiger partial charge is 0.378 e. The van der Waals surface area contributed by atoms with Gasteiger partial charge in [-0.1, -0.05) is 29.5 Å². The lowest BCUT2D eigenvalue weighted by Crippen LogP contribution is -2.34. The van der Waals surface area contributed by atoms with Crippen molar-refractivity contribution in [3.8, 4) is 0 Å². The second-order valence-corrected chi connectivity index (χ2v) is 12.9. The Morgan fingerprint density at radius 3 is 2.55 bits per heavy atom. The summed E-state index contributed by atoms with van der Waals surface area (Å²) in [6.45, 7) is -0.230. The molecule has 2 bridgehead atoms. The molecule has 0 radical (unpaired) electrons. The predicted molar refractivity (Wildman–Crippen MR) is 145 cm³/mol. The van der Waals surface area contributed by atoms with Crippen molar-refractivity contribution in [1.82, 2.24) is 4.57 Å². The second kappa shape index (κ2) is 9.48. The maximum absolute atomic E-state index is 13.2. The van der Waals surface area contributed by atoms with E-state index in [4.69, 9.17) is 0 Å². The molecule has 2 aliphatic carbocycles. The van der Waals surface area contributed by atoms with Gasteiger partial charge in [-0.2, -0.15) is 13.2 Å². The van der Waals surface area contributed by atoms with Crippen molar-refractivity contribution in [1.29, 1.82) is 0 Å². The Balaban J connectivity index is 1.32. The molecule has 0 spiro atoms. The monoisotopic (exact) mass is 559 g/mol. The number of thiazole rings is 1. The van der Waals surface area contributed by atoms with Gasteiger partial charge >= 0.3 is 11.0 Å². The van der Waals surface area contributed by atoms with E-state index in [1.54, 1.807) is 11.8 Å². The Morgan fingerprint density at radius 1 is 1.11 bits per heavy atom. The minimum absolute atomic E-state index is 0.0571. The number of nitrogens with one attached hydrogen (secondary N) is 1. The number of anilines is 2. The summed E-state index contributed by atoms with van der Waals surface area (Å²) < 4.78 is 40.8. The highest BCUT2D eigenvalue weighted by Gasteiger charge is 2.55. The summed E-state index contributed by atoms with van der Waals surface area (Å²) in [6.07, 6.45) is -0.866. The van der Waals surface area contributed by atoms with Gasteiger partial charge in [-0.3, -0.25) is 14.2 Å². The molecule has 1 aromatic heterocycles. The fourth-order valence-electron chi connectivity index (χ4n) is 6.56. The third-order valence-corrected chi connectivity index (χ3v) is 11.1. The molecule has 200 valence electrons. The summed E-state index contributed by atoms with van der Waals surface area (Å²) in [5, 5.41) is 3.79. The number of rotatable bonds is 5. The first-order valence-electron chi connectivity index (χ1n) is 12.7. The first-order valence-corrected chi connectivity index (χ1v) is 14.4. The first kappa shape index (κ1) is 25.6. The molecule has 0 unspecified atom stereocenters. The number of carbonyl (C=O) groups excluding carboxylic acids is 1. The number of alkyl halides is 3. The molecule has 3 aliphatic rings. The van der Waals surface area contributed by atoms with Crippen LogP contribution in [0.2, 0.25) is 0 Å². The van der Waals surface area contributed by atoms with Gasteiger partial charge in [0, 0.05) is 41.5 Å². The van der Waals surface area contributed by atoms with Gasteiger partial charge in [-0.25, -0.2) is 0 Å². The largest absolute Gasteiger partial charge is 0.416 e. The fraction of sp³-hybridized carbons (Fsp3) is 0.429. The molecule has 6 rings (SSSR count). The second-order valence-electron chi connectivity index (χ2n) is 10.7. The number of hydrogen-bond donors (Lipinski definition) is 1. The molecule has 3 aromatic rings.